The molecule has 2 rings (SSSR count). The summed E-state index contributed by atoms with van der Waals surface area (Å²) in [7, 11) is 2.07. The standard InChI is InChI=1S/C15H23ClN2O/c1-12(19)13-5-6-15(14(16)11-13)17(2)9-10-18-7-3-4-8-18/h5-6,11-12,19H,3-4,7-10H2,1-2H3/t12-/m0/s1. The first-order chi connectivity index (χ1) is 9.08. The lowest BCUT2D eigenvalue weighted by molar-refractivity contribution is 0.199. The van der Waals surface area contributed by atoms with Gasteiger partial charge in [0, 0.05) is 20.1 Å². The molecule has 1 atom stereocenters. The number of nitrogens with zero attached hydrogens (tertiary/aromatic N) is 2. The molecule has 0 amide bonds. The molecular weight excluding hydrogens is 260 g/mol. The van der Waals surface area contributed by atoms with Gasteiger partial charge in [-0.25, -0.2) is 0 Å². The van der Waals surface area contributed by atoms with Gasteiger partial charge in [-0.2, -0.15) is 0 Å². The Morgan fingerprint density at radius 3 is 2.63 bits per heavy atom. The molecule has 1 fully saturated rings. The van der Waals surface area contributed by atoms with Crippen molar-refractivity contribution in [1.82, 2.24) is 4.90 Å². The number of benzene rings is 1. The molecule has 1 saturated heterocycles. The fraction of sp³-hybridized carbons (Fsp3) is 0.600. The molecule has 4 heteroatoms. The van der Waals surface area contributed by atoms with Crippen LogP contribution in [-0.4, -0.2) is 43.2 Å². The van der Waals surface area contributed by atoms with Gasteiger partial charge in [-0.05, 0) is 50.6 Å². The molecule has 0 saturated carbocycles. The molecular formula is C15H23ClN2O. The number of halogens is 1. The van der Waals surface area contributed by atoms with E-state index in [2.05, 4.69) is 16.8 Å². The van der Waals surface area contributed by atoms with Crippen molar-refractivity contribution in [3.63, 3.8) is 0 Å². The zero-order valence-corrected chi connectivity index (χ0v) is 12.5. The zero-order valence-electron chi connectivity index (χ0n) is 11.8. The Labute approximate surface area is 120 Å². The summed E-state index contributed by atoms with van der Waals surface area (Å²) in [6.07, 6.45) is 2.18. The van der Waals surface area contributed by atoms with Crippen molar-refractivity contribution in [3.8, 4) is 0 Å². The highest BCUT2D eigenvalue weighted by atomic mass is 35.5. The number of likely N-dealkylation sites (N-methyl/N-ethyl adjacent to an activating group) is 1. The molecule has 19 heavy (non-hydrogen) atoms. The molecule has 0 bridgehead atoms. The van der Waals surface area contributed by atoms with E-state index >= 15 is 0 Å². The minimum atomic E-state index is -0.471. The van der Waals surface area contributed by atoms with E-state index in [1.807, 2.05) is 18.2 Å². The Morgan fingerprint density at radius 2 is 2.05 bits per heavy atom. The van der Waals surface area contributed by atoms with Crippen LogP contribution in [0.25, 0.3) is 0 Å². The van der Waals surface area contributed by atoms with Crippen molar-refractivity contribution in [2.45, 2.75) is 25.9 Å². The highest BCUT2D eigenvalue weighted by Gasteiger charge is 2.13. The van der Waals surface area contributed by atoms with E-state index in [1.54, 1.807) is 6.92 Å². The fourth-order valence-electron chi connectivity index (χ4n) is 2.51. The molecule has 1 aromatic rings. The van der Waals surface area contributed by atoms with E-state index in [0.717, 1.165) is 24.3 Å². The Hall–Kier alpha value is -0.770. The second-order valence-corrected chi connectivity index (χ2v) is 5.76. The summed E-state index contributed by atoms with van der Waals surface area (Å²) >= 11 is 6.30. The lowest BCUT2D eigenvalue weighted by Gasteiger charge is -2.24. The molecule has 0 unspecified atom stereocenters. The van der Waals surface area contributed by atoms with Crippen molar-refractivity contribution >= 4 is 17.3 Å². The molecule has 1 aromatic carbocycles. The Morgan fingerprint density at radius 1 is 1.37 bits per heavy atom. The van der Waals surface area contributed by atoms with Crippen LogP contribution >= 0.6 is 11.6 Å². The van der Waals surface area contributed by atoms with E-state index < -0.39 is 6.10 Å². The van der Waals surface area contributed by atoms with Crippen LogP contribution in [0.3, 0.4) is 0 Å². The maximum absolute atomic E-state index is 9.55. The number of hydrogen-bond donors (Lipinski definition) is 1. The van der Waals surface area contributed by atoms with E-state index in [1.165, 1.54) is 25.9 Å². The molecule has 106 valence electrons. The van der Waals surface area contributed by atoms with Crippen molar-refractivity contribution in [2.75, 3.05) is 38.1 Å². The first kappa shape index (κ1) is 14.6. The first-order valence-electron chi connectivity index (χ1n) is 6.99. The van der Waals surface area contributed by atoms with Gasteiger partial charge in [-0.3, -0.25) is 0 Å². The minimum Gasteiger partial charge on any atom is -0.389 e. The van der Waals surface area contributed by atoms with Crippen LogP contribution in [0.15, 0.2) is 18.2 Å². The van der Waals surface area contributed by atoms with Crippen molar-refractivity contribution in [1.29, 1.82) is 0 Å². The summed E-state index contributed by atoms with van der Waals surface area (Å²) in [5.74, 6) is 0. The highest BCUT2D eigenvalue weighted by molar-refractivity contribution is 6.33. The van der Waals surface area contributed by atoms with Gasteiger partial charge < -0.3 is 14.9 Å². The van der Waals surface area contributed by atoms with Crippen LogP contribution in [0, 0.1) is 0 Å². The molecule has 0 radical (unpaired) electrons. The normalized spacial score (nSPS) is 17.7. The summed E-state index contributed by atoms with van der Waals surface area (Å²) in [5, 5.41) is 10.3. The topological polar surface area (TPSA) is 26.7 Å². The van der Waals surface area contributed by atoms with Gasteiger partial charge in [0.05, 0.1) is 16.8 Å². The van der Waals surface area contributed by atoms with Gasteiger partial charge in [0.25, 0.3) is 0 Å². The average Bonchev–Trinajstić information content (AvgIpc) is 2.88. The second-order valence-electron chi connectivity index (χ2n) is 5.36. The zero-order chi connectivity index (χ0) is 13.8. The number of rotatable bonds is 5. The number of aliphatic hydroxyl groups is 1. The maximum atomic E-state index is 9.55. The Balaban J connectivity index is 1.96. The SMILES string of the molecule is C[C@H](O)c1ccc(N(C)CCN2CCCC2)c(Cl)c1. The lowest BCUT2D eigenvalue weighted by Crippen LogP contribution is -2.31. The summed E-state index contributed by atoms with van der Waals surface area (Å²) in [4.78, 5) is 4.68. The van der Waals surface area contributed by atoms with Crippen LogP contribution in [0.4, 0.5) is 5.69 Å². The predicted molar refractivity (Wildman–Crippen MR) is 81.0 cm³/mol. The minimum absolute atomic E-state index is 0.471. The van der Waals surface area contributed by atoms with Crippen molar-refractivity contribution in [2.24, 2.45) is 0 Å². The van der Waals surface area contributed by atoms with Gasteiger partial charge in [0.1, 0.15) is 0 Å². The van der Waals surface area contributed by atoms with Crippen LogP contribution in [-0.2, 0) is 0 Å². The molecule has 1 N–H and O–H groups in total. The number of aliphatic hydroxyl groups excluding tert-OH is 1. The van der Waals surface area contributed by atoms with E-state index in [0.29, 0.717) is 5.02 Å². The maximum Gasteiger partial charge on any atom is 0.0762 e. The Kier molecular flexibility index (Phi) is 5.08. The van der Waals surface area contributed by atoms with Crippen molar-refractivity contribution in [3.05, 3.63) is 28.8 Å². The molecule has 0 spiro atoms. The van der Waals surface area contributed by atoms with Gasteiger partial charge in [-0.1, -0.05) is 17.7 Å². The molecule has 1 aliphatic rings. The largest absolute Gasteiger partial charge is 0.389 e. The van der Waals surface area contributed by atoms with Crippen LogP contribution < -0.4 is 4.90 Å². The monoisotopic (exact) mass is 282 g/mol. The predicted octanol–water partition coefficient (Wildman–Crippen LogP) is 2.93. The second kappa shape index (κ2) is 6.60. The van der Waals surface area contributed by atoms with Crippen LogP contribution in [0.2, 0.25) is 5.02 Å². The molecule has 0 aliphatic carbocycles. The fourth-order valence-corrected chi connectivity index (χ4v) is 2.84. The highest BCUT2D eigenvalue weighted by Crippen LogP contribution is 2.28. The van der Waals surface area contributed by atoms with Gasteiger partial charge in [0.15, 0.2) is 0 Å². The van der Waals surface area contributed by atoms with Crippen LogP contribution in [0.5, 0.6) is 0 Å². The van der Waals surface area contributed by atoms with E-state index in [4.69, 9.17) is 11.6 Å². The van der Waals surface area contributed by atoms with Crippen LogP contribution in [0.1, 0.15) is 31.4 Å². The number of likely N-dealkylation sites (tertiary alicyclic amines) is 1. The molecule has 3 nitrogen and oxygen atoms in total. The summed E-state index contributed by atoms with van der Waals surface area (Å²) < 4.78 is 0. The average molecular weight is 283 g/mol. The molecule has 1 aliphatic heterocycles. The third-order valence-electron chi connectivity index (χ3n) is 3.82. The summed E-state index contributed by atoms with van der Waals surface area (Å²) in [6.45, 7) is 6.27. The number of hydrogen-bond acceptors (Lipinski definition) is 3. The third kappa shape index (κ3) is 3.85. The summed E-state index contributed by atoms with van der Waals surface area (Å²) in [5.41, 5.74) is 1.90. The summed E-state index contributed by atoms with van der Waals surface area (Å²) in [6, 6.07) is 5.79. The van der Waals surface area contributed by atoms with Gasteiger partial charge in [-0.15, -0.1) is 0 Å². The Bertz CT molecular complexity index is 417. The molecule has 0 aromatic heterocycles. The first-order valence-corrected chi connectivity index (χ1v) is 7.36. The smallest absolute Gasteiger partial charge is 0.0762 e. The lowest BCUT2D eigenvalue weighted by atomic mass is 10.1. The van der Waals surface area contributed by atoms with Gasteiger partial charge in [0.2, 0.25) is 0 Å². The number of anilines is 1. The molecule has 1 heterocycles. The quantitative estimate of drug-likeness (QED) is 0.900. The van der Waals surface area contributed by atoms with E-state index in [9.17, 15) is 5.11 Å². The van der Waals surface area contributed by atoms with E-state index in [-0.39, 0.29) is 0 Å². The van der Waals surface area contributed by atoms with Crippen molar-refractivity contribution < 1.29 is 5.11 Å². The van der Waals surface area contributed by atoms with Gasteiger partial charge >= 0.3 is 0 Å². The third-order valence-corrected chi connectivity index (χ3v) is 4.12.